The fraction of sp³-hybridized carbons (Fsp3) is 0.286. The number of hydrogen-bond donors (Lipinski definition) is 1. The van der Waals surface area contributed by atoms with E-state index >= 15 is 0 Å². The Morgan fingerprint density at radius 1 is 1.33 bits per heavy atom. The first kappa shape index (κ1) is 12.5. The number of aliphatic hydroxyl groups excluding tert-OH is 1. The average molecular weight is 244 g/mol. The minimum absolute atomic E-state index is 0.552. The van der Waals surface area contributed by atoms with Crippen LogP contribution in [0.1, 0.15) is 24.3 Å². The highest BCUT2D eigenvalue weighted by Gasteiger charge is 2.09. The van der Waals surface area contributed by atoms with Gasteiger partial charge in [-0.15, -0.1) is 0 Å². The smallest absolute Gasteiger partial charge is 0.159 e. The predicted octanol–water partition coefficient (Wildman–Crippen LogP) is 2.51. The summed E-state index contributed by atoms with van der Waals surface area (Å²) in [4.78, 5) is 8.69. The van der Waals surface area contributed by atoms with Gasteiger partial charge in [-0.05, 0) is 26.0 Å². The maximum atomic E-state index is 9.55. The highest BCUT2D eigenvalue weighted by atomic mass is 16.5. The topological polar surface area (TPSA) is 55.2 Å². The predicted molar refractivity (Wildman–Crippen MR) is 69.4 cm³/mol. The van der Waals surface area contributed by atoms with Crippen molar-refractivity contribution in [3.05, 3.63) is 41.7 Å². The molecule has 0 aliphatic rings. The highest BCUT2D eigenvalue weighted by molar-refractivity contribution is 5.57. The fourth-order valence-corrected chi connectivity index (χ4v) is 1.79. The van der Waals surface area contributed by atoms with Gasteiger partial charge in [0.05, 0.1) is 13.2 Å². The number of rotatable bonds is 3. The van der Waals surface area contributed by atoms with E-state index in [0.717, 1.165) is 22.6 Å². The Morgan fingerprint density at radius 3 is 2.72 bits per heavy atom. The molecular weight excluding hydrogens is 228 g/mol. The van der Waals surface area contributed by atoms with Crippen LogP contribution in [0.15, 0.2) is 30.5 Å². The lowest BCUT2D eigenvalue weighted by atomic mass is 10.1. The molecule has 1 atom stereocenters. The number of nitrogens with zero attached hydrogens (tertiary/aromatic N) is 2. The molecule has 0 fully saturated rings. The lowest BCUT2D eigenvalue weighted by molar-refractivity contribution is 0.197. The third-order valence-electron chi connectivity index (χ3n) is 2.80. The second-order valence-corrected chi connectivity index (χ2v) is 4.14. The van der Waals surface area contributed by atoms with E-state index in [4.69, 9.17) is 4.74 Å². The van der Waals surface area contributed by atoms with Crippen LogP contribution in [0, 0.1) is 6.92 Å². The summed E-state index contributed by atoms with van der Waals surface area (Å²) in [5.41, 5.74) is 2.44. The van der Waals surface area contributed by atoms with Crippen LogP contribution in [0.2, 0.25) is 0 Å². The van der Waals surface area contributed by atoms with E-state index in [1.807, 2.05) is 31.2 Å². The van der Waals surface area contributed by atoms with Crippen LogP contribution >= 0.6 is 0 Å². The van der Waals surface area contributed by atoms with E-state index in [1.165, 1.54) is 0 Å². The second-order valence-electron chi connectivity index (χ2n) is 4.14. The number of aliphatic hydroxyl groups is 1. The van der Waals surface area contributed by atoms with Crippen LogP contribution in [0.4, 0.5) is 0 Å². The monoisotopic (exact) mass is 244 g/mol. The summed E-state index contributed by atoms with van der Waals surface area (Å²) in [5.74, 6) is 1.41. The van der Waals surface area contributed by atoms with Gasteiger partial charge in [-0.3, -0.25) is 0 Å². The van der Waals surface area contributed by atoms with Gasteiger partial charge in [0, 0.05) is 23.0 Å². The van der Waals surface area contributed by atoms with Gasteiger partial charge < -0.3 is 9.84 Å². The first-order chi connectivity index (χ1) is 8.61. The highest BCUT2D eigenvalue weighted by Crippen LogP contribution is 2.22. The lowest BCUT2D eigenvalue weighted by Crippen LogP contribution is -2.01. The Kier molecular flexibility index (Phi) is 3.58. The van der Waals surface area contributed by atoms with Crippen LogP contribution in [-0.2, 0) is 0 Å². The number of benzene rings is 1. The molecule has 0 aliphatic heterocycles. The fourth-order valence-electron chi connectivity index (χ4n) is 1.79. The molecule has 4 heteroatoms. The Hall–Kier alpha value is -1.94. The Labute approximate surface area is 106 Å². The van der Waals surface area contributed by atoms with Gasteiger partial charge in [0.25, 0.3) is 0 Å². The zero-order valence-electron chi connectivity index (χ0n) is 10.7. The Bertz CT molecular complexity index is 553. The van der Waals surface area contributed by atoms with Crippen molar-refractivity contribution in [1.29, 1.82) is 0 Å². The SMILES string of the molecule is COc1cccc(-c2ncc([C@H](C)O)c(C)n2)c1. The number of aromatic nitrogens is 2. The molecule has 2 rings (SSSR count). The molecule has 0 aliphatic carbocycles. The molecule has 2 aromatic rings. The number of ether oxygens (including phenoxy) is 1. The largest absolute Gasteiger partial charge is 0.497 e. The minimum Gasteiger partial charge on any atom is -0.497 e. The van der Waals surface area contributed by atoms with E-state index in [2.05, 4.69) is 9.97 Å². The van der Waals surface area contributed by atoms with Crippen molar-refractivity contribution in [3.8, 4) is 17.1 Å². The van der Waals surface area contributed by atoms with Gasteiger partial charge in [0.1, 0.15) is 5.75 Å². The molecule has 0 saturated heterocycles. The molecule has 1 N–H and O–H groups in total. The van der Waals surface area contributed by atoms with Gasteiger partial charge in [0.2, 0.25) is 0 Å². The standard InChI is InChI=1S/C14H16N2O2/c1-9-13(10(2)17)8-15-14(16-9)11-5-4-6-12(7-11)18-3/h4-8,10,17H,1-3H3/t10-/m0/s1. The van der Waals surface area contributed by atoms with Crippen molar-refractivity contribution < 1.29 is 9.84 Å². The van der Waals surface area contributed by atoms with Crippen LogP contribution in [0.3, 0.4) is 0 Å². The zero-order chi connectivity index (χ0) is 13.1. The molecular formula is C14H16N2O2. The number of hydrogen-bond acceptors (Lipinski definition) is 4. The summed E-state index contributed by atoms with van der Waals surface area (Å²) < 4.78 is 5.17. The summed E-state index contributed by atoms with van der Waals surface area (Å²) in [7, 11) is 1.63. The molecule has 1 aromatic carbocycles. The van der Waals surface area contributed by atoms with Gasteiger partial charge in [-0.2, -0.15) is 0 Å². The van der Waals surface area contributed by atoms with E-state index in [1.54, 1.807) is 20.2 Å². The third-order valence-corrected chi connectivity index (χ3v) is 2.80. The van der Waals surface area contributed by atoms with Crippen LogP contribution in [0.25, 0.3) is 11.4 Å². The third kappa shape index (κ3) is 2.49. The molecule has 0 spiro atoms. The van der Waals surface area contributed by atoms with Crippen molar-refractivity contribution in [3.63, 3.8) is 0 Å². The summed E-state index contributed by atoms with van der Waals surface area (Å²) in [6.45, 7) is 3.57. The maximum absolute atomic E-state index is 9.55. The zero-order valence-corrected chi connectivity index (χ0v) is 10.7. The summed E-state index contributed by atoms with van der Waals surface area (Å²) in [6, 6.07) is 7.59. The normalized spacial score (nSPS) is 12.2. The first-order valence-electron chi connectivity index (χ1n) is 5.78. The minimum atomic E-state index is -0.552. The molecule has 1 heterocycles. The van der Waals surface area contributed by atoms with E-state index in [0.29, 0.717) is 5.82 Å². The van der Waals surface area contributed by atoms with E-state index in [-0.39, 0.29) is 0 Å². The van der Waals surface area contributed by atoms with Crippen molar-refractivity contribution in [2.75, 3.05) is 7.11 Å². The summed E-state index contributed by atoms with van der Waals surface area (Å²) in [5, 5.41) is 9.55. The molecule has 0 amide bonds. The summed E-state index contributed by atoms with van der Waals surface area (Å²) in [6.07, 6.45) is 1.12. The van der Waals surface area contributed by atoms with Crippen molar-refractivity contribution in [2.24, 2.45) is 0 Å². The first-order valence-corrected chi connectivity index (χ1v) is 5.78. The van der Waals surface area contributed by atoms with Gasteiger partial charge >= 0.3 is 0 Å². The van der Waals surface area contributed by atoms with Crippen LogP contribution < -0.4 is 4.74 Å². The molecule has 18 heavy (non-hydrogen) atoms. The van der Waals surface area contributed by atoms with E-state index in [9.17, 15) is 5.11 Å². The second kappa shape index (κ2) is 5.14. The van der Waals surface area contributed by atoms with E-state index < -0.39 is 6.10 Å². The molecule has 0 bridgehead atoms. The maximum Gasteiger partial charge on any atom is 0.159 e. The van der Waals surface area contributed by atoms with Gasteiger partial charge in [-0.25, -0.2) is 9.97 Å². The van der Waals surface area contributed by atoms with Crippen molar-refractivity contribution >= 4 is 0 Å². The molecule has 4 nitrogen and oxygen atoms in total. The Balaban J connectivity index is 2.42. The quantitative estimate of drug-likeness (QED) is 0.901. The van der Waals surface area contributed by atoms with Crippen LogP contribution in [-0.4, -0.2) is 22.2 Å². The molecule has 0 saturated carbocycles. The average Bonchev–Trinajstić information content (AvgIpc) is 2.38. The molecule has 0 radical (unpaired) electrons. The van der Waals surface area contributed by atoms with Crippen LogP contribution in [0.5, 0.6) is 5.75 Å². The number of aryl methyl sites for hydroxylation is 1. The molecule has 0 unspecified atom stereocenters. The van der Waals surface area contributed by atoms with Gasteiger partial charge in [-0.1, -0.05) is 12.1 Å². The Morgan fingerprint density at radius 2 is 2.11 bits per heavy atom. The number of methoxy groups -OCH3 is 1. The lowest BCUT2D eigenvalue weighted by Gasteiger charge is -2.09. The van der Waals surface area contributed by atoms with Gasteiger partial charge in [0.15, 0.2) is 5.82 Å². The van der Waals surface area contributed by atoms with Crippen molar-refractivity contribution in [2.45, 2.75) is 20.0 Å². The summed E-state index contributed by atoms with van der Waals surface area (Å²) >= 11 is 0. The molecule has 1 aromatic heterocycles. The van der Waals surface area contributed by atoms with Crippen molar-refractivity contribution in [1.82, 2.24) is 9.97 Å². The molecule has 94 valence electrons.